The number of fused-ring (bicyclic) bond motifs is 1. The van der Waals surface area contributed by atoms with Crippen LogP contribution < -0.4 is 21.3 Å². The Bertz CT molecular complexity index is 1660. The minimum Gasteiger partial charge on any atom is -0.496 e. The van der Waals surface area contributed by atoms with Gasteiger partial charge in [0.25, 0.3) is 5.56 Å². The smallest absolute Gasteiger partial charge is 0.333 e. The van der Waals surface area contributed by atoms with Crippen molar-refractivity contribution in [2.75, 3.05) is 13.7 Å². The molecule has 11 nitrogen and oxygen atoms in total. The SMILES string of the molecule is COc1ccccc1CCn1c(=O)n(C(C)(C)C(=O)NC(C)C)c(=O)c2c(C)c(-n3cccn3)sc21.N#CCCO. The van der Waals surface area contributed by atoms with Gasteiger partial charge < -0.3 is 15.2 Å². The number of aryl methyl sites for hydroxylation is 3. The number of rotatable bonds is 9. The highest BCUT2D eigenvalue weighted by atomic mass is 32.1. The molecule has 0 unspecified atom stereocenters. The van der Waals surface area contributed by atoms with E-state index in [1.165, 1.54) is 11.3 Å². The highest BCUT2D eigenvalue weighted by Crippen LogP contribution is 2.31. The number of thiophene rings is 1. The van der Waals surface area contributed by atoms with Gasteiger partial charge in [-0.3, -0.25) is 14.2 Å². The fourth-order valence-electron chi connectivity index (χ4n) is 4.36. The molecule has 0 bridgehead atoms. The Balaban J connectivity index is 0.000000850. The third kappa shape index (κ3) is 6.58. The molecule has 0 saturated heterocycles. The Morgan fingerprint density at radius 3 is 2.51 bits per heavy atom. The number of nitriles is 1. The van der Waals surface area contributed by atoms with Gasteiger partial charge in [-0.05, 0) is 58.7 Å². The zero-order valence-electron chi connectivity index (χ0n) is 24.2. The molecule has 0 aliphatic carbocycles. The summed E-state index contributed by atoms with van der Waals surface area (Å²) in [7, 11) is 1.61. The third-order valence-electron chi connectivity index (χ3n) is 6.46. The van der Waals surface area contributed by atoms with Gasteiger partial charge in [0.2, 0.25) is 5.91 Å². The van der Waals surface area contributed by atoms with Crippen LogP contribution in [0, 0.1) is 18.3 Å². The summed E-state index contributed by atoms with van der Waals surface area (Å²) in [6, 6.07) is 11.1. The van der Waals surface area contributed by atoms with Gasteiger partial charge >= 0.3 is 5.69 Å². The summed E-state index contributed by atoms with van der Waals surface area (Å²) in [5.41, 5.74) is -0.767. The number of hydrogen-bond acceptors (Lipinski definition) is 8. The van der Waals surface area contributed by atoms with Crippen LogP contribution >= 0.6 is 11.3 Å². The van der Waals surface area contributed by atoms with E-state index in [2.05, 4.69) is 10.4 Å². The van der Waals surface area contributed by atoms with Gasteiger partial charge in [-0.25, -0.2) is 14.0 Å². The molecule has 1 aromatic carbocycles. The Morgan fingerprint density at radius 2 is 1.95 bits per heavy atom. The molecule has 0 saturated carbocycles. The van der Waals surface area contributed by atoms with Crippen LogP contribution in [-0.2, 0) is 23.3 Å². The van der Waals surface area contributed by atoms with Crippen LogP contribution in [0.1, 0.15) is 45.2 Å². The lowest BCUT2D eigenvalue weighted by atomic mass is 10.0. The first-order valence-electron chi connectivity index (χ1n) is 13.2. The van der Waals surface area contributed by atoms with Crippen molar-refractivity contribution in [2.45, 2.75) is 65.6 Å². The van der Waals surface area contributed by atoms with E-state index in [9.17, 15) is 14.4 Å². The summed E-state index contributed by atoms with van der Waals surface area (Å²) < 4.78 is 9.86. The minimum atomic E-state index is -1.40. The number of aliphatic hydroxyl groups excluding tert-OH is 1. The van der Waals surface area contributed by atoms with Gasteiger partial charge in [-0.2, -0.15) is 10.4 Å². The van der Waals surface area contributed by atoms with Crippen molar-refractivity contribution in [3.63, 3.8) is 0 Å². The van der Waals surface area contributed by atoms with Crippen molar-refractivity contribution in [3.8, 4) is 16.8 Å². The second-order valence-corrected chi connectivity index (χ2v) is 11.1. The number of aliphatic hydroxyl groups is 1. The number of methoxy groups -OCH3 is 1. The maximum absolute atomic E-state index is 13.9. The average molecular weight is 581 g/mol. The van der Waals surface area contributed by atoms with Gasteiger partial charge in [0.15, 0.2) is 0 Å². The summed E-state index contributed by atoms with van der Waals surface area (Å²) in [4.78, 5) is 41.4. The summed E-state index contributed by atoms with van der Waals surface area (Å²) in [6.07, 6.45) is 4.22. The molecular formula is C29H36N6O5S. The number of carbonyl (C=O) groups is 1. The Morgan fingerprint density at radius 1 is 1.24 bits per heavy atom. The van der Waals surface area contributed by atoms with Gasteiger partial charge in [0.1, 0.15) is 21.1 Å². The minimum absolute atomic E-state index is 0.0174. The van der Waals surface area contributed by atoms with Crippen molar-refractivity contribution in [1.29, 1.82) is 5.26 Å². The Kier molecular flexibility index (Phi) is 10.3. The zero-order valence-corrected chi connectivity index (χ0v) is 25.0. The van der Waals surface area contributed by atoms with Crippen LogP contribution in [0.5, 0.6) is 5.75 Å². The highest BCUT2D eigenvalue weighted by molar-refractivity contribution is 7.21. The van der Waals surface area contributed by atoms with Gasteiger partial charge in [0.05, 0.1) is 31.6 Å². The second kappa shape index (κ2) is 13.4. The van der Waals surface area contributed by atoms with Gasteiger partial charge in [-0.15, -0.1) is 0 Å². The van der Waals surface area contributed by atoms with E-state index in [1.54, 1.807) is 54.7 Å². The normalized spacial score (nSPS) is 11.2. The first-order valence-corrected chi connectivity index (χ1v) is 14.0. The van der Waals surface area contributed by atoms with Crippen LogP contribution in [0.2, 0.25) is 0 Å². The number of ether oxygens (including phenoxy) is 1. The molecule has 2 N–H and O–H groups in total. The molecule has 0 aliphatic rings. The van der Waals surface area contributed by atoms with Crippen LogP contribution in [0.15, 0.2) is 52.3 Å². The summed E-state index contributed by atoms with van der Waals surface area (Å²) in [5, 5.41) is 23.8. The molecule has 1 amide bonds. The van der Waals surface area contributed by atoms with E-state index >= 15 is 0 Å². The maximum atomic E-state index is 13.9. The Hall–Kier alpha value is -4.21. The lowest BCUT2D eigenvalue weighted by molar-refractivity contribution is -0.129. The van der Waals surface area contributed by atoms with Crippen molar-refractivity contribution < 1.29 is 14.6 Å². The van der Waals surface area contributed by atoms with E-state index in [0.717, 1.165) is 20.9 Å². The van der Waals surface area contributed by atoms with Crippen LogP contribution in [0.3, 0.4) is 0 Å². The molecule has 0 spiro atoms. The molecular weight excluding hydrogens is 544 g/mol. The second-order valence-electron chi connectivity index (χ2n) is 10.1. The number of nitrogens with zero attached hydrogens (tertiary/aromatic N) is 5. The lowest BCUT2D eigenvalue weighted by Crippen LogP contribution is -2.56. The molecule has 12 heteroatoms. The molecule has 3 heterocycles. The summed E-state index contributed by atoms with van der Waals surface area (Å²) in [6.45, 7) is 9.00. The number of amides is 1. The van der Waals surface area contributed by atoms with Crippen molar-refractivity contribution in [1.82, 2.24) is 24.2 Å². The summed E-state index contributed by atoms with van der Waals surface area (Å²) >= 11 is 1.34. The van der Waals surface area contributed by atoms with E-state index in [-0.39, 0.29) is 19.1 Å². The van der Waals surface area contributed by atoms with Crippen molar-refractivity contribution in [3.05, 3.63) is 74.7 Å². The predicted molar refractivity (Wildman–Crippen MR) is 159 cm³/mol. The highest BCUT2D eigenvalue weighted by Gasteiger charge is 2.35. The van der Waals surface area contributed by atoms with E-state index in [4.69, 9.17) is 15.1 Å². The molecule has 0 fully saturated rings. The number of aromatic nitrogens is 4. The zero-order chi connectivity index (χ0) is 30.3. The standard InChI is InChI=1S/C26H31N5O4S.C3H5NO/c1-16(2)28-24(33)26(4,5)31-21(32)20-17(3)22(30-14-9-13-27-30)36-23(20)29(25(31)34)15-12-18-10-7-8-11-19(18)35-6;4-2-1-3-5/h7-11,13-14,16H,12,15H2,1-6H3,(H,28,33);5H,1,3H2. The number of para-hydroxylation sites is 1. The number of nitrogens with one attached hydrogen (secondary N) is 1. The molecule has 218 valence electrons. The van der Waals surface area contributed by atoms with Gasteiger partial charge in [0, 0.05) is 30.5 Å². The van der Waals surface area contributed by atoms with Crippen LogP contribution in [0.4, 0.5) is 0 Å². The van der Waals surface area contributed by atoms with Crippen molar-refractivity contribution in [2.24, 2.45) is 0 Å². The molecule has 0 atom stereocenters. The molecule has 4 rings (SSSR count). The van der Waals surface area contributed by atoms with E-state index in [1.807, 2.05) is 45.0 Å². The third-order valence-corrected chi connectivity index (χ3v) is 7.76. The van der Waals surface area contributed by atoms with Gasteiger partial charge in [-0.1, -0.05) is 29.5 Å². The average Bonchev–Trinajstić information content (AvgIpc) is 3.57. The molecule has 3 aromatic heterocycles. The first-order chi connectivity index (χ1) is 19.5. The maximum Gasteiger partial charge on any atom is 0.333 e. The largest absolute Gasteiger partial charge is 0.496 e. The monoisotopic (exact) mass is 580 g/mol. The molecule has 41 heavy (non-hydrogen) atoms. The quantitative estimate of drug-likeness (QED) is 0.310. The molecule has 0 radical (unpaired) electrons. The number of hydrogen-bond donors (Lipinski definition) is 2. The van der Waals surface area contributed by atoms with E-state index in [0.29, 0.717) is 28.7 Å². The van der Waals surface area contributed by atoms with Crippen LogP contribution in [0.25, 0.3) is 15.2 Å². The van der Waals surface area contributed by atoms with Crippen molar-refractivity contribution >= 4 is 27.5 Å². The predicted octanol–water partition coefficient (Wildman–Crippen LogP) is 3.12. The fourth-order valence-corrected chi connectivity index (χ4v) is 5.63. The summed E-state index contributed by atoms with van der Waals surface area (Å²) in [5.74, 6) is 0.332. The van der Waals surface area contributed by atoms with Crippen LogP contribution in [-0.4, -0.2) is 49.7 Å². The lowest BCUT2D eigenvalue weighted by Gasteiger charge is -2.27. The fraction of sp³-hybridized carbons (Fsp3) is 0.414. The first kappa shape index (κ1) is 31.3. The topological polar surface area (TPSA) is 144 Å². The number of benzene rings is 1. The molecule has 4 aromatic rings. The number of carbonyl (C=O) groups excluding carboxylic acids is 1. The van der Waals surface area contributed by atoms with E-state index < -0.39 is 22.7 Å². The Labute approximate surface area is 242 Å². The molecule has 0 aliphatic heterocycles.